The van der Waals surface area contributed by atoms with E-state index in [-0.39, 0.29) is 5.92 Å². The predicted molar refractivity (Wildman–Crippen MR) is 63.2 cm³/mol. The third-order valence-corrected chi connectivity index (χ3v) is 2.66. The summed E-state index contributed by atoms with van der Waals surface area (Å²) in [4.78, 5) is 15.9. The number of nitrogens with zero attached hydrogens (tertiary/aromatic N) is 1. The Morgan fingerprint density at radius 3 is 2.94 bits per heavy atom. The van der Waals surface area contributed by atoms with Gasteiger partial charge in [-0.05, 0) is 25.0 Å². The molecule has 0 bridgehead atoms. The minimum Gasteiger partial charge on any atom is -0.385 e. The van der Waals surface area contributed by atoms with Crippen LogP contribution in [0.2, 0.25) is 0 Å². The van der Waals surface area contributed by atoms with Crippen molar-refractivity contribution in [3.8, 4) is 0 Å². The highest BCUT2D eigenvalue weighted by atomic mass is 16.5. The number of methoxy groups -OCH3 is 1. The van der Waals surface area contributed by atoms with Crippen LogP contribution in [0.15, 0.2) is 24.4 Å². The molecule has 0 N–H and O–H groups in total. The standard InChI is InChI=1S/C13H19NO2/c1-11(8-10-16-2)13(15)7-6-12-5-3-4-9-14-12/h3-5,9,11H,6-8,10H2,1-2H3. The second kappa shape index (κ2) is 7.12. The quantitative estimate of drug-likeness (QED) is 0.709. The summed E-state index contributed by atoms with van der Waals surface area (Å²) in [5.74, 6) is 0.381. The molecule has 0 aliphatic heterocycles. The Morgan fingerprint density at radius 2 is 2.31 bits per heavy atom. The lowest BCUT2D eigenvalue weighted by atomic mass is 9.98. The van der Waals surface area contributed by atoms with Crippen LogP contribution < -0.4 is 0 Å². The third-order valence-electron chi connectivity index (χ3n) is 2.66. The molecule has 1 unspecified atom stereocenters. The van der Waals surface area contributed by atoms with Gasteiger partial charge in [-0.25, -0.2) is 0 Å². The molecule has 0 radical (unpaired) electrons. The van der Waals surface area contributed by atoms with E-state index in [1.807, 2.05) is 25.1 Å². The SMILES string of the molecule is COCCC(C)C(=O)CCc1ccccn1. The molecule has 1 rings (SSSR count). The third kappa shape index (κ3) is 4.53. The fourth-order valence-electron chi connectivity index (χ4n) is 1.50. The second-order valence-electron chi connectivity index (χ2n) is 3.97. The zero-order valence-electron chi connectivity index (χ0n) is 9.98. The first-order valence-corrected chi connectivity index (χ1v) is 5.65. The van der Waals surface area contributed by atoms with Crippen molar-refractivity contribution in [1.82, 2.24) is 4.98 Å². The molecule has 1 aromatic rings. The number of pyridine rings is 1. The van der Waals surface area contributed by atoms with Crippen LogP contribution in [0.25, 0.3) is 0 Å². The van der Waals surface area contributed by atoms with Crippen LogP contribution in [-0.2, 0) is 16.0 Å². The van der Waals surface area contributed by atoms with E-state index in [0.29, 0.717) is 18.8 Å². The normalized spacial score (nSPS) is 12.4. The van der Waals surface area contributed by atoms with Gasteiger partial charge in [-0.1, -0.05) is 13.0 Å². The van der Waals surface area contributed by atoms with Gasteiger partial charge < -0.3 is 4.74 Å². The first-order chi connectivity index (χ1) is 7.74. The molecule has 3 heteroatoms. The average molecular weight is 221 g/mol. The van der Waals surface area contributed by atoms with Crippen LogP contribution in [0.1, 0.15) is 25.5 Å². The van der Waals surface area contributed by atoms with Gasteiger partial charge in [-0.15, -0.1) is 0 Å². The van der Waals surface area contributed by atoms with Crippen LogP contribution in [-0.4, -0.2) is 24.5 Å². The number of Topliss-reactive ketones (excluding diaryl/α,β-unsaturated/α-hetero) is 1. The second-order valence-corrected chi connectivity index (χ2v) is 3.97. The maximum absolute atomic E-state index is 11.7. The Kier molecular flexibility index (Phi) is 5.72. The maximum atomic E-state index is 11.7. The number of rotatable bonds is 7. The van der Waals surface area contributed by atoms with Crippen molar-refractivity contribution in [2.45, 2.75) is 26.2 Å². The molecule has 0 aromatic carbocycles. The fraction of sp³-hybridized carbons (Fsp3) is 0.538. The first kappa shape index (κ1) is 12.8. The Balaban J connectivity index is 2.29. The number of ether oxygens (including phenoxy) is 1. The van der Waals surface area contributed by atoms with E-state index in [4.69, 9.17) is 4.74 Å². The first-order valence-electron chi connectivity index (χ1n) is 5.65. The molecular weight excluding hydrogens is 202 g/mol. The molecular formula is C13H19NO2. The van der Waals surface area contributed by atoms with Gasteiger partial charge in [-0.2, -0.15) is 0 Å². The van der Waals surface area contributed by atoms with E-state index >= 15 is 0 Å². The zero-order valence-corrected chi connectivity index (χ0v) is 9.98. The summed E-state index contributed by atoms with van der Waals surface area (Å²) in [6.45, 7) is 2.61. The van der Waals surface area contributed by atoms with Crippen LogP contribution in [0, 0.1) is 5.92 Å². The lowest BCUT2D eigenvalue weighted by molar-refractivity contribution is -0.122. The number of hydrogen-bond donors (Lipinski definition) is 0. The molecule has 1 atom stereocenters. The van der Waals surface area contributed by atoms with Crippen molar-refractivity contribution >= 4 is 5.78 Å². The van der Waals surface area contributed by atoms with E-state index in [1.165, 1.54) is 0 Å². The van der Waals surface area contributed by atoms with Gasteiger partial charge in [-0.3, -0.25) is 9.78 Å². The summed E-state index contributed by atoms with van der Waals surface area (Å²) in [7, 11) is 1.66. The van der Waals surface area contributed by atoms with E-state index in [1.54, 1.807) is 13.3 Å². The average Bonchev–Trinajstić information content (AvgIpc) is 2.34. The molecule has 0 saturated heterocycles. The number of ketones is 1. The summed E-state index contributed by atoms with van der Waals surface area (Å²) in [6.07, 6.45) is 3.87. The Hall–Kier alpha value is -1.22. The number of carbonyl (C=O) groups is 1. The summed E-state index contributed by atoms with van der Waals surface area (Å²) in [5, 5.41) is 0. The van der Waals surface area contributed by atoms with Gasteiger partial charge in [0.05, 0.1) is 0 Å². The van der Waals surface area contributed by atoms with Gasteiger partial charge in [0.1, 0.15) is 5.78 Å². The van der Waals surface area contributed by atoms with Gasteiger partial charge in [0.2, 0.25) is 0 Å². The molecule has 0 spiro atoms. The number of aryl methyl sites for hydroxylation is 1. The molecule has 0 fully saturated rings. The highest BCUT2D eigenvalue weighted by Crippen LogP contribution is 2.09. The molecule has 16 heavy (non-hydrogen) atoms. The maximum Gasteiger partial charge on any atom is 0.136 e. The van der Waals surface area contributed by atoms with Crippen molar-refractivity contribution in [3.05, 3.63) is 30.1 Å². The molecule has 0 aliphatic rings. The van der Waals surface area contributed by atoms with Gasteiger partial charge in [0.25, 0.3) is 0 Å². The fourth-order valence-corrected chi connectivity index (χ4v) is 1.50. The van der Waals surface area contributed by atoms with E-state index in [9.17, 15) is 4.79 Å². The van der Waals surface area contributed by atoms with Gasteiger partial charge in [0.15, 0.2) is 0 Å². The molecule has 1 aromatic heterocycles. The van der Waals surface area contributed by atoms with Crippen molar-refractivity contribution in [2.24, 2.45) is 5.92 Å². The minimum absolute atomic E-state index is 0.0867. The molecule has 88 valence electrons. The summed E-state index contributed by atoms with van der Waals surface area (Å²) < 4.78 is 4.96. The smallest absolute Gasteiger partial charge is 0.136 e. The van der Waals surface area contributed by atoms with Crippen molar-refractivity contribution in [2.75, 3.05) is 13.7 Å². The van der Waals surface area contributed by atoms with Crippen LogP contribution in [0.4, 0.5) is 0 Å². The summed E-state index contributed by atoms with van der Waals surface area (Å²) in [5.41, 5.74) is 0.981. The highest BCUT2D eigenvalue weighted by molar-refractivity contribution is 5.80. The van der Waals surface area contributed by atoms with Crippen LogP contribution >= 0.6 is 0 Å². The van der Waals surface area contributed by atoms with Crippen molar-refractivity contribution in [1.29, 1.82) is 0 Å². The minimum atomic E-state index is 0.0867. The molecule has 0 amide bonds. The summed E-state index contributed by atoms with van der Waals surface area (Å²) in [6, 6.07) is 5.78. The topological polar surface area (TPSA) is 39.2 Å². The zero-order chi connectivity index (χ0) is 11.8. The van der Waals surface area contributed by atoms with Gasteiger partial charge in [0, 0.05) is 37.9 Å². The lowest BCUT2D eigenvalue weighted by Gasteiger charge is -2.09. The van der Waals surface area contributed by atoms with Crippen molar-refractivity contribution in [3.63, 3.8) is 0 Å². The highest BCUT2D eigenvalue weighted by Gasteiger charge is 2.12. The molecule has 0 saturated carbocycles. The monoisotopic (exact) mass is 221 g/mol. The number of aromatic nitrogens is 1. The predicted octanol–water partition coefficient (Wildman–Crippen LogP) is 2.26. The van der Waals surface area contributed by atoms with Crippen molar-refractivity contribution < 1.29 is 9.53 Å². The Labute approximate surface area is 96.8 Å². The van der Waals surface area contributed by atoms with E-state index in [0.717, 1.165) is 18.5 Å². The molecule has 3 nitrogen and oxygen atoms in total. The van der Waals surface area contributed by atoms with E-state index < -0.39 is 0 Å². The van der Waals surface area contributed by atoms with Gasteiger partial charge >= 0.3 is 0 Å². The summed E-state index contributed by atoms with van der Waals surface area (Å²) >= 11 is 0. The molecule has 1 heterocycles. The Bertz CT molecular complexity index is 311. The largest absolute Gasteiger partial charge is 0.385 e. The lowest BCUT2D eigenvalue weighted by Crippen LogP contribution is -2.14. The van der Waals surface area contributed by atoms with Crippen LogP contribution in [0.5, 0.6) is 0 Å². The number of hydrogen-bond acceptors (Lipinski definition) is 3. The van der Waals surface area contributed by atoms with E-state index in [2.05, 4.69) is 4.98 Å². The van der Waals surface area contributed by atoms with Crippen LogP contribution in [0.3, 0.4) is 0 Å². The Morgan fingerprint density at radius 1 is 1.50 bits per heavy atom. The molecule has 0 aliphatic carbocycles. The number of carbonyl (C=O) groups excluding carboxylic acids is 1.